The van der Waals surface area contributed by atoms with E-state index < -0.39 is 0 Å². The highest BCUT2D eigenvalue weighted by Gasteiger charge is 2.27. The summed E-state index contributed by atoms with van der Waals surface area (Å²) in [7, 11) is 1.66. The molecule has 0 amide bonds. The molecule has 1 fully saturated rings. The van der Waals surface area contributed by atoms with Crippen molar-refractivity contribution in [3.8, 4) is 17.2 Å². The van der Waals surface area contributed by atoms with Gasteiger partial charge in [-0.2, -0.15) is 0 Å². The predicted molar refractivity (Wildman–Crippen MR) is 72.7 cm³/mol. The maximum Gasteiger partial charge on any atom is 0.231 e. The summed E-state index contributed by atoms with van der Waals surface area (Å²) >= 11 is 0. The lowest BCUT2D eigenvalue weighted by Crippen LogP contribution is -2.21. The molecule has 1 atom stereocenters. The zero-order valence-electron chi connectivity index (χ0n) is 11.6. The molecule has 104 valence electrons. The molecule has 4 heteroatoms. The highest BCUT2D eigenvalue weighted by molar-refractivity contribution is 5.55. The lowest BCUT2D eigenvalue weighted by Gasteiger charge is -2.12. The van der Waals surface area contributed by atoms with Gasteiger partial charge in [-0.3, -0.25) is 0 Å². The molecule has 0 bridgehead atoms. The normalized spacial score (nSPS) is 18.4. The van der Waals surface area contributed by atoms with Gasteiger partial charge in [-0.25, -0.2) is 0 Å². The molecular weight excluding hydrogens is 242 g/mol. The van der Waals surface area contributed by atoms with Crippen molar-refractivity contribution in [3.63, 3.8) is 0 Å². The minimum Gasteiger partial charge on any atom is -0.493 e. The predicted octanol–water partition coefficient (Wildman–Crippen LogP) is 2.56. The van der Waals surface area contributed by atoms with E-state index in [0.29, 0.717) is 0 Å². The third-order valence-electron chi connectivity index (χ3n) is 3.94. The third-order valence-corrected chi connectivity index (χ3v) is 3.94. The van der Waals surface area contributed by atoms with E-state index in [-0.39, 0.29) is 6.79 Å². The Morgan fingerprint density at radius 3 is 2.95 bits per heavy atom. The monoisotopic (exact) mass is 263 g/mol. The molecule has 1 aliphatic carbocycles. The summed E-state index contributed by atoms with van der Waals surface area (Å²) in [6.07, 6.45) is 2.81. The van der Waals surface area contributed by atoms with Gasteiger partial charge in [0.2, 0.25) is 12.5 Å². The fraction of sp³-hybridized carbons (Fsp3) is 0.600. The van der Waals surface area contributed by atoms with Gasteiger partial charge in [0.15, 0.2) is 11.5 Å². The second-order valence-corrected chi connectivity index (χ2v) is 5.48. The largest absolute Gasteiger partial charge is 0.493 e. The summed E-state index contributed by atoms with van der Waals surface area (Å²) in [5.41, 5.74) is 1.17. The van der Waals surface area contributed by atoms with Crippen LogP contribution < -0.4 is 19.5 Å². The van der Waals surface area contributed by atoms with E-state index >= 15 is 0 Å². The van der Waals surface area contributed by atoms with Crippen LogP contribution in [0.4, 0.5) is 0 Å². The fourth-order valence-electron chi connectivity index (χ4n) is 2.56. The van der Waals surface area contributed by atoms with Crippen molar-refractivity contribution in [2.24, 2.45) is 11.8 Å². The van der Waals surface area contributed by atoms with Crippen molar-refractivity contribution in [3.05, 3.63) is 17.7 Å². The Bertz CT molecular complexity index is 457. The Kier molecular flexibility index (Phi) is 3.51. The number of methoxy groups -OCH3 is 1. The zero-order chi connectivity index (χ0) is 13.2. The Morgan fingerprint density at radius 2 is 2.21 bits per heavy atom. The van der Waals surface area contributed by atoms with Crippen LogP contribution in [0.5, 0.6) is 17.2 Å². The fourth-order valence-corrected chi connectivity index (χ4v) is 2.56. The van der Waals surface area contributed by atoms with Gasteiger partial charge in [0, 0.05) is 6.54 Å². The summed E-state index contributed by atoms with van der Waals surface area (Å²) < 4.78 is 16.2. The first-order valence-electron chi connectivity index (χ1n) is 6.95. The summed E-state index contributed by atoms with van der Waals surface area (Å²) in [4.78, 5) is 0. The molecule has 0 aromatic heterocycles. The summed E-state index contributed by atoms with van der Waals surface area (Å²) in [5.74, 6) is 3.97. The Morgan fingerprint density at radius 1 is 1.37 bits per heavy atom. The number of rotatable bonds is 6. The maximum atomic E-state index is 5.43. The van der Waals surface area contributed by atoms with Gasteiger partial charge in [0.05, 0.1) is 7.11 Å². The van der Waals surface area contributed by atoms with Crippen LogP contribution in [0.1, 0.15) is 25.3 Å². The van der Waals surface area contributed by atoms with Gasteiger partial charge in [-0.15, -0.1) is 0 Å². The van der Waals surface area contributed by atoms with E-state index in [9.17, 15) is 0 Å². The van der Waals surface area contributed by atoms with Crippen molar-refractivity contribution in [2.45, 2.75) is 26.3 Å². The number of fused-ring (bicyclic) bond motifs is 1. The van der Waals surface area contributed by atoms with Crippen LogP contribution in [0.25, 0.3) is 0 Å². The van der Waals surface area contributed by atoms with Crippen LogP contribution in [0.2, 0.25) is 0 Å². The topological polar surface area (TPSA) is 39.7 Å². The number of hydrogen-bond donors (Lipinski definition) is 1. The van der Waals surface area contributed by atoms with Gasteiger partial charge in [-0.05, 0) is 48.9 Å². The first kappa shape index (κ1) is 12.6. The van der Waals surface area contributed by atoms with E-state index in [1.807, 2.05) is 12.1 Å². The van der Waals surface area contributed by atoms with Gasteiger partial charge >= 0.3 is 0 Å². The second-order valence-electron chi connectivity index (χ2n) is 5.48. The number of benzene rings is 1. The summed E-state index contributed by atoms with van der Waals surface area (Å²) in [6, 6.07) is 4.04. The minimum absolute atomic E-state index is 0.279. The molecule has 1 N–H and O–H groups in total. The van der Waals surface area contributed by atoms with Gasteiger partial charge in [0.1, 0.15) is 0 Å². The van der Waals surface area contributed by atoms with Crippen molar-refractivity contribution < 1.29 is 14.2 Å². The molecule has 3 rings (SSSR count). The molecule has 1 heterocycles. The molecule has 0 spiro atoms. The molecule has 1 aromatic rings. The average Bonchev–Trinajstić information content (AvgIpc) is 3.16. The highest BCUT2D eigenvalue weighted by atomic mass is 16.7. The molecule has 19 heavy (non-hydrogen) atoms. The third kappa shape index (κ3) is 2.78. The van der Waals surface area contributed by atoms with Crippen LogP contribution in [0, 0.1) is 11.8 Å². The lowest BCUT2D eigenvalue weighted by molar-refractivity contribution is 0.171. The van der Waals surface area contributed by atoms with Gasteiger partial charge in [0.25, 0.3) is 0 Å². The van der Waals surface area contributed by atoms with Gasteiger partial charge in [-0.1, -0.05) is 6.92 Å². The maximum absolute atomic E-state index is 5.43. The molecule has 2 aliphatic rings. The first-order valence-corrected chi connectivity index (χ1v) is 6.95. The molecule has 0 saturated heterocycles. The zero-order valence-corrected chi connectivity index (χ0v) is 11.6. The van der Waals surface area contributed by atoms with E-state index in [2.05, 4.69) is 12.2 Å². The van der Waals surface area contributed by atoms with E-state index in [0.717, 1.165) is 42.2 Å². The van der Waals surface area contributed by atoms with Crippen molar-refractivity contribution in [2.75, 3.05) is 20.4 Å². The van der Waals surface area contributed by atoms with Crippen molar-refractivity contribution >= 4 is 0 Å². The van der Waals surface area contributed by atoms with Crippen LogP contribution in [-0.2, 0) is 6.54 Å². The van der Waals surface area contributed by atoms with Crippen LogP contribution in [0.3, 0.4) is 0 Å². The standard InChI is InChI=1S/C15H21NO3/c1-10(12-3-4-12)7-16-8-11-5-13(17-2)15-14(6-11)18-9-19-15/h5-6,10,12,16H,3-4,7-9H2,1-2H3. The summed E-state index contributed by atoms with van der Waals surface area (Å²) in [6.45, 7) is 4.51. The van der Waals surface area contributed by atoms with Gasteiger partial charge < -0.3 is 19.5 Å². The second kappa shape index (κ2) is 5.29. The molecule has 1 saturated carbocycles. The average molecular weight is 263 g/mol. The SMILES string of the molecule is COc1cc(CNCC(C)C2CC2)cc2c1OCO2. The Labute approximate surface area is 114 Å². The van der Waals surface area contributed by atoms with Crippen LogP contribution in [0.15, 0.2) is 12.1 Å². The lowest BCUT2D eigenvalue weighted by atomic mass is 10.1. The molecular formula is C15H21NO3. The Hall–Kier alpha value is -1.42. The summed E-state index contributed by atoms with van der Waals surface area (Å²) in [5, 5.41) is 3.51. The smallest absolute Gasteiger partial charge is 0.231 e. The molecule has 0 radical (unpaired) electrons. The van der Waals surface area contributed by atoms with Crippen LogP contribution >= 0.6 is 0 Å². The first-order chi connectivity index (χ1) is 9.28. The van der Waals surface area contributed by atoms with Crippen LogP contribution in [-0.4, -0.2) is 20.4 Å². The molecule has 1 aliphatic heterocycles. The van der Waals surface area contributed by atoms with Crippen molar-refractivity contribution in [1.82, 2.24) is 5.32 Å². The number of nitrogens with one attached hydrogen (secondary N) is 1. The van der Waals surface area contributed by atoms with Crippen molar-refractivity contribution in [1.29, 1.82) is 0 Å². The highest BCUT2D eigenvalue weighted by Crippen LogP contribution is 2.41. The molecule has 1 unspecified atom stereocenters. The van der Waals surface area contributed by atoms with E-state index in [1.165, 1.54) is 18.4 Å². The minimum atomic E-state index is 0.279. The number of ether oxygens (including phenoxy) is 3. The Balaban J connectivity index is 1.61. The molecule has 4 nitrogen and oxygen atoms in total. The quantitative estimate of drug-likeness (QED) is 0.856. The van der Waals surface area contributed by atoms with E-state index in [4.69, 9.17) is 14.2 Å². The molecule has 1 aromatic carbocycles. The van der Waals surface area contributed by atoms with E-state index in [1.54, 1.807) is 7.11 Å². The number of hydrogen-bond acceptors (Lipinski definition) is 4.